The minimum Gasteiger partial charge on any atom is -0.357 e. The molecule has 0 amide bonds. The zero-order valence-corrected chi connectivity index (χ0v) is 16.6. The van der Waals surface area contributed by atoms with Gasteiger partial charge in [0.1, 0.15) is 10.8 Å². The highest BCUT2D eigenvalue weighted by Gasteiger charge is 2.04. The Hall–Kier alpha value is -1.60. The van der Waals surface area contributed by atoms with Crippen molar-refractivity contribution in [1.29, 1.82) is 0 Å². The largest absolute Gasteiger partial charge is 0.357 e. The average Bonchev–Trinajstić information content (AvgIpc) is 2.92. The Labute approximate surface area is 157 Å². The first-order valence-corrected chi connectivity index (χ1v) is 10.3. The number of benzene rings is 1. The summed E-state index contributed by atoms with van der Waals surface area (Å²) >= 11 is 3.40. The van der Waals surface area contributed by atoms with Gasteiger partial charge < -0.3 is 10.6 Å². The van der Waals surface area contributed by atoms with E-state index in [1.807, 2.05) is 26.0 Å². The first-order valence-electron chi connectivity index (χ1n) is 8.36. The third-order valence-corrected chi connectivity index (χ3v) is 5.61. The van der Waals surface area contributed by atoms with E-state index in [1.54, 1.807) is 29.2 Å². The molecular formula is C18H25FN4S2. The maximum absolute atomic E-state index is 13.6. The molecule has 2 rings (SSSR count). The van der Waals surface area contributed by atoms with Crippen LogP contribution in [0.3, 0.4) is 0 Å². The summed E-state index contributed by atoms with van der Waals surface area (Å²) in [7, 11) is 0. The van der Waals surface area contributed by atoms with E-state index < -0.39 is 0 Å². The van der Waals surface area contributed by atoms with Gasteiger partial charge in [0.25, 0.3) is 0 Å². The van der Waals surface area contributed by atoms with Gasteiger partial charge in [0, 0.05) is 29.5 Å². The highest BCUT2D eigenvalue weighted by Crippen LogP contribution is 2.17. The van der Waals surface area contributed by atoms with Crippen LogP contribution in [-0.4, -0.2) is 29.8 Å². The SMILES string of the molecule is CCNC(=NCc1nc(C)c(C)s1)NCCSCc1ccccc1F. The van der Waals surface area contributed by atoms with Gasteiger partial charge in [-0.3, -0.25) is 0 Å². The van der Waals surface area contributed by atoms with Crippen LogP contribution in [0.2, 0.25) is 0 Å². The Balaban J connectivity index is 1.75. The molecule has 0 aliphatic heterocycles. The quantitative estimate of drug-likeness (QED) is 0.414. The van der Waals surface area contributed by atoms with Crippen molar-refractivity contribution in [2.45, 2.75) is 33.1 Å². The van der Waals surface area contributed by atoms with Crippen LogP contribution in [0.25, 0.3) is 0 Å². The van der Waals surface area contributed by atoms with E-state index in [4.69, 9.17) is 0 Å². The van der Waals surface area contributed by atoms with Crippen LogP contribution in [0.4, 0.5) is 4.39 Å². The van der Waals surface area contributed by atoms with Gasteiger partial charge in [0.05, 0.1) is 12.2 Å². The first-order chi connectivity index (χ1) is 12.1. The molecule has 0 bridgehead atoms. The van der Waals surface area contributed by atoms with E-state index in [1.165, 1.54) is 10.9 Å². The predicted molar refractivity (Wildman–Crippen MR) is 107 cm³/mol. The molecule has 2 aromatic rings. The number of guanidine groups is 1. The van der Waals surface area contributed by atoms with E-state index in [0.29, 0.717) is 12.3 Å². The zero-order chi connectivity index (χ0) is 18.1. The van der Waals surface area contributed by atoms with Crippen LogP contribution in [0.15, 0.2) is 29.3 Å². The third kappa shape index (κ3) is 6.66. The second-order valence-corrected chi connectivity index (χ2v) is 7.91. The van der Waals surface area contributed by atoms with Crippen molar-refractivity contribution in [3.63, 3.8) is 0 Å². The lowest BCUT2D eigenvalue weighted by molar-refractivity contribution is 0.617. The molecule has 136 valence electrons. The Morgan fingerprint density at radius 2 is 2.08 bits per heavy atom. The number of halogens is 1. The molecule has 0 aliphatic rings. The summed E-state index contributed by atoms with van der Waals surface area (Å²) in [4.78, 5) is 10.3. The maximum atomic E-state index is 13.6. The molecule has 1 aromatic heterocycles. The van der Waals surface area contributed by atoms with Crippen LogP contribution >= 0.6 is 23.1 Å². The number of aromatic nitrogens is 1. The number of nitrogens with zero attached hydrogens (tertiary/aromatic N) is 2. The molecule has 1 aromatic carbocycles. The van der Waals surface area contributed by atoms with Crippen molar-refractivity contribution in [2.75, 3.05) is 18.8 Å². The number of aryl methyl sites for hydroxylation is 2. The van der Waals surface area contributed by atoms with Crippen molar-refractivity contribution in [2.24, 2.45) is 4.99 Å². The zero-order valence-electron chi connectivity index (χ0n) is 14.9. The molecule has 25 heavy (non-hydrogen) atoms. The van der Waals surface area contributed by atoms with Gasteiger partial charge in [-0.1, -0.05) is 18.2 Å². The number of hydrogen-bond donors (Lipinski definition) is 2. The molecule has 0 saturated carbocycles. The maximum Gasteiger partial charge on any atom is 0.191 e. The number of aliphatic imine (C=N–C) groups is 1. The van der Waals surface area contributed by atoms with E-state index in [0.717, 1.165) is 41.1 Å². The van der Waals surface area contributed by atoms with Crippen molar-refractivity contribution in [3.8, 4) is 0 Å². The van der Waals surface area contributed by atoms with Gasteiger partial charge in [-0.2, -0.15) is 11.8 Å². The minimum absolute atomic E-state index is 0.133. The van der Waals surface area contributed by atoms with E-state index in [-0.39, 0.29) is 5.82 Å². The molecule has 0 spiro atoms. The third-order valence-electron chi connectivity index (χ3n) is 3.54. The first kappa shape index (κ1) is 19.7. The van der Waals surface area contributed by atoms with Crippen LogP contribution in [0.5, 0.6) is 0 Å². The lowest BCUT2D eigenvalue weighted by Crippen LogP contribution is -2.38. The highest BCUT2D eigenvalue weighted by atomic mass is 32.2. The predicted octanol–water partition coefficient (Wildman–Crippen LogP) is 3.89. The van der Waals surface area contributed by atoms with Gasteiger partial charge in [0.2, 0.25) is 0 Å². The lowest BCUT2D eigenvalue weighted by Gasteiger charge is -2.11. The molecule has 0 aliphatic carbocycles. The molecule has 1 heterocycles. The van der Waals surface area contributed by atoms with Crippen molar-refractivity contribution in [3.05, 3.63) is 51.2 Å². The molecule has 0 fully saturated rings. The monoisotopic (exact) mass is 380 g/mol. The van der Waals surface area contributed by atoms with Gasteiger partial charge in [-0.15, -0.1) is 11.3 Å². The summed E-state index contributed by atoms with van der Waals surface area (Å²) in [5.74, 6) is 2.22. The number of thiazole rings is 1. The molecule has 0 atom stereocenters. The highest BCUT2D eigenvalue weighted by molar-refractivity contribution is 7.98. The standard InChI is InChI=1S/C18H25FN4S2/c1-4-20-18(22-11-17-23-13(2)14(3)25-17)21-9-10-24-12-15-7-5-6-8-16(15)19/h5-8H,4,9-12H2,1-3H3,(H2,20,21,22). The molecule has 0 unspecified atom stereocenters. The Kier molecular flexibility index (Phi) is 8.21. The summed E-state index contributed by atoms with van der Waals surface area (Å²) in [6.45, 7) is 8.32. The summed E-state index contributed by atoms with van der Waals surface area (Å²) in [5.41, 5.74) is 1.83. The lowest BCUT2D eigenvalue weighted by atomic mass is 10.2. The molecule has 2 N–H and O–H groups in total. The smallest absolute Gasteiger partial charge is 0.191 e. The number of thioether (sulfide) groups is 1. The topological polar surface area (TPSA) is 49.3 Å². The molecule has 0 radical (unpaired) electrons. The minimum atomic E-state index is -0.133. The van der Waals surface area contributed by atoms with Crippen LogP contribution < -0.4 is 10.6 Å². The van der Waals surface area contributed by atoms with Crippen molar-refractivity contribution < 1.29 is 4.39 Å². The van der Waals surface area contributed by atoms with Crippen LogP contribution in [-0.2, 0) is 12.3 Å². The molecule has 0 saturated heterocycles. The Morgan fingerprint density at radius 1 is 1.28 bits per heavy atom. The van der Waals surface area contributed by atoms with Crippen LogP contribution in [0.1, 0.15) is 28.1 Å². The molecular weight excluding hydrogens is 355 g/mol. The summed E-state index contributed by atoms with van der Waals surface area (Å²) < 4.78 is 13.6. The second kappa shape index (κ2) is 10.4. The summed E-state index contributed by atoms with van der Waals surface area (Å²) in [5, 5.41) is 7.58. The van der Waals surface area contributed by atoms with Crippen molar-refractivity contribution in [1.82, 2.24) is 15.6 Å². The van der Waals surface area contributed by atoms with Crippen molar-refractivity contribution >= 4 is 29.1 Å². The van der Waals surface area contributed by atoms with Gasteiger partial charge >= 0.3 is 0 Å². The van der Waals surface area contributed by atoms with Gasteiger partial charge in [-0.25, -0.2) is 14.4 Å². The molecule has 7 heteroatoms. The van der Waals surface area contributed by atoms with Gasteiger partial charge in [0.15, 0.2) is 5.96 Å². The fraction of sp³-hybridized carbons (Fsp3) is 0.444. The normalized spacial score (nSPS) is 11.6. The fourth-order valence-corrected chi connectivity index (χ4v) is 3.84. The van der Waals surface area contributed by atoms with E-state index in [2.05, 4.69) is 27.5 Å². The summed E-state index contributed by atoms with van der Waals surface area (Å²) in [6.07, 6.45) is 0. The Morgan fingerprint density at radius 3 is 2.76 bits per heavy atom. The fourth-order valence-electron chi connectivity index (χ4n) is 2.13. The Bertz CT molecular complexity index is 681. The van der Waals surface area contributed by atoms with Gasteiger partial charge in [-0.05, 0) is 32.4 Å². The second-order valence-electron chi connectivity index (χ2n) is 5.52. The van der Waals surface area contributed by atoms with E-state index >= 15 is 0 Å². The molecule has 4 nitrogen and oxygen atoms in total. The summed E-state index contributed by atoms with van der Waals surface area (Å²) in [6, 6.07) is 6.93. The number of nitrogens with one attached hydrogen (secondary N) is 2. The number of rotatable bonds is 8. The van der Waals surface area contributed by atoms with E-state index in [9.17, 15) is 4.39 Å². The average molecular weight is 381 g/mol. The number of hydrogen-bond acceptors (Lipinski definition) is 4. The van der Waals surface area contributed by atoms with Crippen LogP contribution in [0, 0.1) is 19.7 Å².